The second-order valence-corrected chi connectivity index (χ2v) is 6.48. The Labute approximate surface area is 146 Å². The van der Waals surface area contributed by atoms with Gasteiger partial charge in [0, 0.05) is 18.5 Å². The van der Waals surface area contributed by atoms with E-state index < -0.39 is 0 Å². The number of ether oxygens (including phenoxy) is 2. The molecule has 7 nitrogen and oxygen atoms in total. The molecule has 1 unspecified atom stereocenters. The number of benzene rings is 1. The van der Waals surface area contributed by atoms with Gasteiger partial charge in [0.15, 0.2) is 0 Å². The lowest BCUT2D eigenvalue weighted by Gasteiger charge is -2.31. The van der Waals surface area contributed by atoms with Gasteiger partial charge in [0.1, 0.15) is 11.9 Å². The molecule has 0 bridgehead atoms. The highest BCUT2D eigenvalue weighted by molar-refractivity contribution is 5.76. The van der Waals surface area contributed by atoms with E-state index in [1.54, 1.807) is 7.11 Å². The summed E-state index contributed by atoms with van der Waals surface area (Å²) in [6.45, 7) is 5.60. The summed E-state index contributed by atoms with van der Waals surface area (Å²) in [5, 5.41) is 4.03. The molecule has 2 heterocycles. The van der Waals surface area contributed by atoms with Crippen LogP contribution in [-0.4, -0.2) is 47.8 Å². The van der Waals surface area contributed by atoms with Crippen molar-refractivity contribution < 1.29 is 18.8 Å². The molecule has 7 heteroatoms. The molecule has 0 saturated carbocycles. The molecule has 1 saturated heterocycles. The summed E-state index contributed by atoms with van der Waals surface area (Å²) in [5.41, 5.74) is 0.808. The van der Waals surface area contributed by atoms with Crippen molar-refractivity contribution in [3.63, 3.8) is 0 Å². The number of amides is 1. The van der Waals surface area contributed by atoms with Gasteiger partial charge >= 0.3 is 0 Å². The first-order chi connectivity index (χ1) is 12.1. The minimum Gasteiger partial charge on any atom is -0.497 e. The van der Waals surface area contributed by atoms with Gasteiger partial charge in [0.2, 0.25) is 11.7 Å². The number of hydrogen-bond acceptors (Lipinski definition) is 6. The summed E-state index contributed by atoms with van der Waals surface area (Å²) in [5.74, 6) is 2.13. The van der Waals surface area contributed by atoms with E-state index in [0.29, 0.717) is 43.8 Å². The molecule has 1 aliphatic heterocycles. The molecule has 1 aromatic heterocycles. The highest BCUT2D eigenvalue weighted by atomic mass is 16.5. The van der Waals surface area contributed by atoms with Gasteiger partial charge < -0.3 is 18.9 Å². The standard InChI is InChI=1S/C18H23N3O4/c1-12(2)10-16(22)21-8-9-24-15(11-21)17-19-18(25-20-17)13-4-6-14(23-3)7-5-13/h4-7,12,15H,8-11H2,1-3H3. The number of carbonyl (C=O) groups is 1. The number of aromatic nitrogens is 2. The number of nitrogens with zero attached hydrogens (tertiary/aromatic N) is 3. The Morgan fingerprint density at radius 2 is 2.12 bits per heavy atom. The maximum absolute atomic E-state index is 12.3. The predicted molar refractivity (Wildman–Crippen MR) is 91.0 cm³/mol. The van der Waals surface area contributed by atoms with E-state index in [1.165, 1.54) is 0 Å². The summed E-state index contributed by atoms with van der Waals surface area (Å²) in [7, 11) is 1.62. The van der Waals surface area contributed by atoms with E-state index in [4.69, 9.17) is 14.0 Å². The minimum atomic E-state index is -0.361. The van der Waals surface area contributed by atoms with Crippen LogP contribution in [0.1, 0.15) is 32.2 Å². The third-order valence-corrected chi connectivity index (χ3v) is 4.07. The maximum atomic E-state index is 12.3. The van der Waals surface area contributed by atoms with Crippen molar-refractivity contribution in [2.24, 2.45) is 5.92 Å². The largest absolute Gasteiger partial charge is 0.497 e. The van der Waals surface area contributed by atoms with Crippen molar-refractivity contribution in [1.82, 2.24) is 15.0 Å². The van der Waals surface area contributed by atoms with E-state index in [2.05, 4.69) is 10.1 Å². The van der Waals surface area contributed by atoms with Gasteiger partial charge in [-0.15, -0.1) is 0 Å². The average molecular weight is 345 g/mol. The van der Waals surface area contributed by atoms with Crippen LogP contribution in [0, 0.1) is 5.92 Å². The zero-order valence-corrected chi connectivity index (χ0v) is 14.8. The van der Waals surface area contributed by atoms with Crippen LogP contribution in [-0.2, 0) is 9.53 Å². The van der Waals surface area contributed by atoms with E-state index in [9.17, 15) is 4.79 Å². The van der Waals surface area contributed by atoms with Crippen LogP contribution in [0.4, 0.5) is 0 Å². The van der Waals surface area contributed by atoms with Gasteiger partial charge in [0.05, 0.1) is 20.3 Å². The minimum absolute atomic E-state index is 0.141. The topological polar surface area (TPSA) is 77.7 Å². The Morgan fingerprint density at radius 1 is 1.36 bits per heavy atom. The molecule has 1 aromatic carbocycles. The fraction of sp³-hybridized carbons (Fsp3) is 0.500. The molecule has 3 rings (SSSR count). The Bertz CT molecular complexity index is 711. The van der Waals surface area contributed by atoms with Gasteiger partial charge in [-0.3, -0.25) is 4.79 Å². The molecule has 0 radical (unpaired) electrons. The van der Waals surface area contributed by atoms with Crippen LogP contribution in [0.15, 0.2) is 28.8 Å². The van der Waals surface area contributed by atoms with E-state index in [0.717, 1.165) is 11.3 Å². The Balaban J connectivity index is 1.69. The van der Waals surface area contributed by atoms with Crippen molar-refractivity contribution in [3.05, 3.63) is 30.1 Å². The summed E-state index contributed by atoms with van der Waals surface area (Å²) in [6.07, 6.45) is 0.177. The zero-order chi connectivity index (χ0) is 17.8. The molecular formula is C18H23N3O4. The second kappa shape index (κ2) is 7.65. The van der Waals surface area contributed by atoms with E-state index >= 15 is 0 Å². The van der Waals surface area contributed by atoms with E-state index in [1.807, 2.05) is 43.0 Å². The Morgan fingerprint density at radius 3 is 2.80 bits per heavy atom. The molecule has 1 amide bonds. The maximum Gasteiger partial charge on any atom is 0.258 e. The summed E-state index contributed by atoms with van der Waals surface area (Å²) in [6, 6.07) is 7.39. The molecule has 1 fully saturated rings. The zero-order valence-electron chi connectivity index (χ0n) is 14.8. The second-order valence-electron chi connectivity index (χ2n) is 6.48. The fourth-order valence-corrected chi connectivity index (χ4v) is 2.73. The third kappa shape index (κ3) is 4.17. The predicted octanol–water partition coefficient (Wildman–Crippen LogP) is 2.69. The smallest absolute Gasteiger partial charge is 0.258 e. The molecule has 0 N–H and O–H groups in total. The van der Waals surface area contributed by atoms with Crippen molar-refractivity contribution >= 4 is 5.91 Å². The average Bonchev–Trinajstić information content (AvgIpc) is 3.11. The first-order valence-corrected chi connectivity index (χ1v) is 8.44. The summed E-state index contributed by atoms with van der Waals surface area (Å²) < 4.78 is 16.2. The molecule has 1 aliphatic rings. The highest BCUT2D eigenvalue weighted by Crippen LogP contribution is 2.25. The molecule has 25 heavy (non-hydrogen) atoms. The quantitative estimate of drug-likeness (QED) is 0.829. The highest BCUT2D eigenvalue weighted by Gasteiger charge is 2.29. The molecule has 0 aliphatic carbocycles. The van der Waals surface area contributed by atoms with Crippen molar-refractivity contribution in [2.45, 2.75) is 26.4 Å². The lowest BCUT2D eigenvalue weighted by Crippen LogP contribution is -2.42. The van der Waals surface area contributed by atoms with Crippen LogP contribution < -0.4 is 4.74 Å². The van der Waals surface area contributed by atoms with Gasteiger partial charge in [-0.25, -0.2) is 0 Å². The molecule has 2 aromatic rings. The number of methoxy groups -OCH3 is 1. The number of hydrogen-bond donors (Lipinski definition) is 0. The molecule has 0 spiro atoms. The summed E-state index contributed by atoms with van der Waals surface area (Å²) >= 11 is 0. The van der Waals surface area contributed by atoms with Crippen molar-refractivity contribution in [2.75, 3.05) is 26.8 Å². The number of rotatable bonds is 5. The van der Waals surface area contributed by atoms with Crippen LogP contribution in [0.3, 0.4) is 0 Å². The van der Waals surface area contributed by atoms with Gasteiger partial charge in [0.25, 0.3) is 5.89 Å². The van der Waals surface area contributed by atoms with Crippen molar-refractivity contribution in [3.8, 4) is 17.2 Å². The van der Waals surface area contributed by atoms with Crippen LogP contribution in [0.25, 0.3) is 11.5 Å². The monoisotopic (exact) mass is 345 g/mol. The normalized spacial score (nSPS) is 17.8. The summed E-state index contributed by atoms with van der Waals surface area (Å²) in [4.78, 5) is 18.5. The van der Waals surface area contributed by atoms with Crippen LogP contribution in [0.2, 0.25) is 0 Å². The van der Waals surface area contributed by atoms with Crippen LogP contribution in [0.5, 0.6) is 5.75 Å². The van der Waals surface area contributed by atoms with Gasteiger partial charge in [-0.2, -0.15) is 4.98 Å². The first kappa shape index (κ1) is 17.4. The third-order valence-electron chi connectivity index (χ3n) is 4.07. The number of morpholine rings is 1. The lowest BCUT2D eigenvalue weighted by molar-refractivity contribution is -0.140. The molecule has 134 valence electrons. The van der Waals surface area contributed by atoms with Gasteiger partial charge in [-0.05, 0) is 30.2 Å². The first-order valence-electron chi connectivity index (χ1n) is 8.44. The Kier molecular flexibility index (Phi) is 5.33. The lowest BCUT2D eigenvalue weighted by atomic mass is 10.1. The van der Waals surface area contributed by atoms with Gasteiger partial charge in [-0.1, -0.05) is 19.0 Å². The SMILES string of the molecule is COc1ccc(-c2nc(C3CN(C(=O)CC(C)C)CCO3)no2)cc1. The molecule has 1 atom stereocenters. The van der Waals surface area contributed by atoms with E-state index in [-0.39, 0.29) is 12.0 Å². The number of carbonyl (C=O) groups excluding carboxylic acids is 1. The van der Waals surface area contributed by atoms with Crippen LogP contribution >= 0.6 is 0 Å². The Hall–Kier alpha value is -2.41. The van der Waals surface area contributed by atoms with Crippen molar-refractivity contribution in [1.29, 1.82) is 0 Å². The fourth-order valence-electron chi connectivity index (χ4n) is 2.73. The molecular weight excluding hydrogens is 322 g/mol.